The highest BCUT2D eigenvalue weighted by atomic mass is 19.4. The lowest BCUT2D eigenvalue weighted by atomic mass is 10.1. The maximum atomic E-state index is 13.1. The maximum Gasteiger partial charge on any atom is 0.416 e. The highest BCUT2D eigenvalue weighted by Gasteiger charge is 2.33. The second-order valence-corrected chi connectivity index (χ2v) is 6.38. The van der Waals surface area contributed by atoms with E-state index in [1.54, 1.807) is 12.1 Å². The second-order valence-electron chi connectivity index (χ2n) is 6.38. The molecule has 3 rings (SSSR count). The number of hydrogen-bond acceptors (Lipinski definition) is 5. The second kappa shape index (κ2) is 7.49. The molecule has 0 bridgehead atoms. The van der Waals surface area contributed by atoms with Crippen LogP contribution in [0.15, 0.2) is 24.3 Å². The van der Waals surface area contributed by atoms with Crippen LogP contribution < -0.4 is 10.6 Å². The maximum absolute atomic E-state index is 13.1. The van der Waals surface area contributed by atoms with Gasteiger partial charge in [0.1, 0.15) is 5.82 Å². The molecule has 1 aliphatic carbocycles. The van der Waals surface area contributed by atoms with Crippen molar-refractivity contribution in [2.24, 2.45) is 0 Å². The van der Waals surface area contributed by atoms with Crippen LogP contribution in [0.3, 0.4) is 0 Å². The summed E-state index contributed by atoms with van der Waals surface area (Å²) < 4.78 is 39.3. The van der Waals surface area contributed by atoms with E-state index < -0.39 is 11.7 Å². The van der Waals surface area contributed by atoms with E-state index in [4.69, 9.17) is 5.11 Å². The number of hydrogen-bond donors (Lipinski definition) is 3. The standard InChI is InChI=1S/C18H21F3N4O/c1-11-13(18(19,20)21)4-2-5-14(11)23-16-10-15(12-6-7-12)24-17(25-16)22-8-3-9-26/h2,4-5,10,12,26H,3,6-9H2,1H3,(H2,22,23,24,25). The molecule has 0 amide bonds. The molecule has 0 unspecified atom stereocenters. The average Bonchev–Trinajstić information content (AvgIpc) is 3.41. The van der Waals surface area contributed by atoms with E-state index >= 15 is 0 Å². The summed E-state index contributed by atoms with van der Waals surface area (Å²) in [6, 6.07) is 5.83. The van der Waals surface area contributed by atoms with Crippen molar-refractivity contribution < 1.29 is 18.3 Å². The number of alkyl halides is 3. The first kappa shape index (κ1) is 18.4. The molecule has 0 radical (unpaired) electrons. The lowest BCUT2D eigenvalue weighted by Crippen LogP contribution is -2.11. The van der Waals surface area contributed by atoms with Gasteiger partial charge in [0.25, 0.3) is 0 Å². The molecule has 1 fully saturated rings. The average molecular weight is 366 g/mol. The SMILES string of the molecule is Cc1c(Nc2cc(C3CC3)nc(NCCCO)n2)cccc1C(F)(F)F. The van der Waals surface area contributed by atoms with E-state index in [0.29, 0.717) is 36.3 Å². The van der Waals surface area contributed by atoms with Gasteiger partial charge in [0.05, 0.1) is 11.3 Å². The minimum Gasteiger partial charge on any atom is -0.396 e. The Balaban J connectivity index is 1.87. The predicted octanol–water partition coefficient (Wildman–Crippen LogP) is 4.22. The Morgan fingerprint density at radius 3 is 2.65 bits per heavy atom. The van der Waals surface area contributed by atoms with Gasteiger partial charge < -0.3 is 15.7 Å². The lowest BCUT2D eigenvalue weighted by molar-refractivity contribution is -0.138. The first-order valence-electron chi connectivity index (χ1n) is 8.56. The highest BCUT2D eigenvalue weighted by Crippen LogP contribution is 2.40. The Bertz CT molecular complexity index is 776. The summed E-state index contributed by atoms with van der Waals surface area (Å²) in [5.41, 5.74) is 0.696. The summed E-state index contributed by atoms with van der Waals surface area (Å²) in [6.45, 7) is 2.02. The fourth-order valence-electron chi connectivity index (χ4n) is 2.69. The smallest absolute Gasteiger partial charge is 0.396 e. The van der Waals surface area contributed by atoms with Crippen LogP contribution in [0.25, 0.3) is 0 Å². The summed E-state index contributed by atoms with van der Waals surface area (Å²) in [4.78, 5) is 8.81. The Morgan fingerprint density at radius 1 is 1.23 bits per heavy atom. The van der Waals surface area contributed by atoms with E-state index in [9.17, 15) is 13.2 Å². The number of halogens is 3. The van der Waals surface area contributed by atoms with Gasteiger partial charge in [0.2, 0.25) is 5.95 Å². The Kier molecular flexibility index (Phi) is 5.31. The Hall–Kier alpha value is -2.35. The topological polar surface area (TPSA) is 70.1 Å². The molecule has 1 heterocycles. The molecule has 0 aliphatic heterocycles. The number of nitrogens with one attached hydrogen (secondary N) is 2. The number of aliphatic hydroxyl groups is 1. The van der Waals surface area contributed by atoms with Gasteiger partial charge in [-0.1, -0.05) is 6.07 Å². The molecule has 1 aromatic heterocycles. The molecule has 0 atom stereocenters. The van der Waals surface area contributed by atoms with Crippen LogP contribution in [0.1, 0.15) is 42.0 Å². The molecular formula is C18H21F3N4O. The third kappa shape index (κ3) is 4.43. The number of rotatable bonds is 7. The lowest BCUT2D eigenvalue weighted by Gasteiger charge is -2.16. The molecule has 26 heavy (non-hydrogen) atoms. The third-order valence-electron chi connectivity index (χ3n) is 4.26. The van der Waals surface area contributed by atoms with Crippen molar-refractivity contribution in [1.29, 1.82) is 0 Å². The van der Waals surface area contributed by atoms with Gasteiger partial charge in [-0.25, -0.2) is 4.98 Å². The van der Waals surface area contributed by atoms with Crippen LogP contribution in [-0.4, -0.2) is 28.2 Å². The minimum atomic E-state index is -4.40. The van der Waals surface area contributed by atoms with Crippen molar-refractivity contribution in [1.82, 2.24) is 9.97 Å². The minimum absolute atomic E-state index is 0.0594. The van der Waals surface area contributed by atoms with Gasteiger partial charge in [-0.2, -0.15) is 18.2 Å². The van der Waals surface area contributed by atoms with Gasteiger partial charge in [-0.3, -0.25) is 0 Å². The Morgan fingerprint density at radius 2 is 2.00 bits per heavy atom. The van der Waals surface area contributed by atoms with Crippen LogP contribution in [0.5, 0.6) is 0 Å². The Labute approximate surface area is 149 Å². The van der Waals surface area contributed by atoms with E-state index in [1.807, 2.05) is 0 Å². The zero-order valence-corrected chi connectivity index (χ0v) is 14.4. The molecule has 1 aromatic carbocycles. The quantitative estimate of drug-likeness (QED) is 0.640. The van der Waals surface area contributed by atoms with Crippen molar-refractivity contribution in [3.05, 3.63) is 41.1 Å². The number of benzene rings is 1. The van der Waals surface area contributed by atoms with Gasteiger partial charge in [-0.05, 0) is 43.9 Å². The van der Waals surface area contributed by atoms with Gasteiger partial charge >= 0.3 is 6.18 Å². The van der Waals surface area contributed by atoms with E-state index in [1.165, 1.54) is 13.0 Å². The van der Waals surface area contributed by atoms with Crippen molar-refractivity contribution >= 4 is 17.5 Å². The number of anilines is 3. The summed E-state index contributed by atoms with van der Waals surface area (Å²) in [5.74, 6) is 1.24. The number of aromatic nitrogens is 2. The first-order chi connectivity index (χ1) is 12.4. The monoisotopic (exact) mass is 366 g/mol. The zero-order valence-electron chi connectivity index (χ0n) is 14.4. The molecule has 5 nitrogen and oxygen atoms in total. The normalized spacial score (nSPS) is 14.3. The van der Waals surface area contributed by atoms with E-state index in [2.05, 4.69) is 20.6 Å². The molecule has 3 N–H and O–H groups in total. The van der Waals surface area contributed by atoms with Crippen molar-refractivity contribution in [2.75, 3.05) is 23.8 Å². The van der Waals surface area contributed by atoms with Gasteiger partial charge in [0, 0.05) is 30.8 Å². The van der Waals surface area contributed by atoms with E-state index in [-0.39, 0.29) is 12.2 Å². The zero-order chi connectivity index (χ0) is 18.7. The van der Waals surface area contributed by atoms with Crippen LogP contribution in [0.4, 0.5) is 30.6 Å². The van der Waals surface area contributed by atoms with Gasteiger partial charge in [-0.15, -0.1) is 0 Å². The molecule has 1 saturated carbocycles. The van der Waals surface area contributed by atoms with Crippen LogP contribution >= 0.6 is 0 Å². The van der Waals surface area contributed by atoms with Crippen LogP contribution in [-0.2, 0) is 6.18 Å². The molecular weight excluding hydrogens is 345 g/mol. The highest BCUT2D eigenvalue weighted by molar-refractivity contribution is 5.63. The molecule has 140 valence electrons. The largest absolute Gasteiger partial charge is 0.416 e. The first-order valence-corrected chi connectivity index (χ1v) is 8.56. The molecule has 1 aliphatic rings. The number of nitrogens with zero attached hydrogens (tertiary/aromatic N) is 2. The van der Waals surface area contributed by atoms with Crippen LogP contribution in [0, 0.1) is 6.92 Å². The summed E-state index contributed by atoms with van der Waals surface area (Å²) in [5, 5.41) is 14.9. The van der Waals surface area contributed by atoms with Crippen molar-refractivity contribution in [3.8, 4) is 0 Å². The summed E-state index contributed by atoms with van der Waals surface area (Å²) in [6.07, 6.45) is -1.74. The molecule has 0 spiro atoms. The molecule has 8 heteroatoms. The summed E-state index contributed by atoms with van der Waals surface area (Å²) >= 11 is 0. The fraction of sp³-hybridized carbons (Fsp3) is 0.444. The van der Waals surface area contributed by atoms with E-state index in [0.717, 1.165) is 24.6 Å². The van der Waals surface area contributed by atoms with Crippen LogP contribution in [0.2, 0.25) is 0 Å². The van der Waals surface area contributed by atoms with Gasteiger partial charge in [0.15, 0.2) is 0 Å². The van der Waals surface area contributed by atoms with Crippen molar-refractivity contribution in [3.63, 3.8) is 0 Å². The summed E-state index contributed by atoms with van der Waals surface area (Å²) in [7, 11) is 0. The number of aliphatic hydroxyl groups excluding tert-OH is 1. The third-order valence-corrected chi connectivity index (χ3v) is 4.26. The molecule has 0 saturated heterocycles. The molecule has 2 aromatic rings. The predicted molar refractivity (Wildman–Crippen MR) is 93.7 cm³/mol. The van der Waals surface area contributed by atoms with Crippen molar-refractivity contribution in [2.45, 2.75) is 38.3 Å². The fourth-order valence-corrected chi connectivity index (χ4v) is 2.69.